The van der Waals surface area contributed by atoms with Crippen molar-refractivity contribution in [3.63, 3.8) is 0 Å². The summed E-state index contributed by atoms with van der Waals surface area (Å²) in [6.45, 7) is 0.671. The Labute approximate surface area is 236 Å². The van der Waals surface area contributed by atoms with Crippen molar-refractivity contribution >= 4 is 11.0 Å². The van der Waals surface area contributed by atoms with Crippen molar-refractivity contribution < 1.29 is 69.3 Å². The Morgan fingerprint density at radius 3 is 2.21 bits per heavy atom. The summed E-state index contributed by atoms with van der Waals surface area (Å²) in [5, 5.41) is 91.2. The molecule has 3 aromatic rings. The van der Waals surface area contributed by atoms with Crippen LogP contribution in [-0.4, -0.2) is 114 Å². The van der Waals surface area contributed by atoms with Gasteiger partial charge in [0.25, 0.3) is 0 Å². The number of rotatable bonds is 6. The average molecular weight is 595 g/mol. The van der Waals surface area contributed by atoms with Gasteiger partial charge in [-0.2, -0.15) is 0 Å². The lowest BCUT2D eigenvalue weighted by atomic mass is 9.97. The molecule has 15 heteroatoms. The van der Waals surface area contributed by atoms with Gasteiger partial charge in [-0.15, -0.1) is 0 Å². The van der Waals surface area contributed by atoms with Gasteiger partial charge in [0.1, 0.15) is 64.9 Å². The molecule has 0 saturated carbocycles. The van der Waals surface area contributed by atoms with Gasteiger partial charge in [-0.1, -0.05) is 0 Å². The van der Waals surface area contributed by atoms with E-state index in [-0.39, 0.29) is 33.8 Å². The number of aromatic hydroxyl groups is 3. The fourth-order valence-electron chi connectivity index (χ4n) is 4.84. The normalized spacial score (nSPS) is 33.5. The van der Waals surface area contributed by atoms with Crippen LogP contribution in [0.3, 0.4) is 0 Å². The number of hydrogen-bond donors (Lipinski definition) is 9. The maximum absolute atomic E-state index is 12.8. The van der Waals surface area contributed by atoms with E-state index in [2.05, 4.69) is 0 Å². The third kappa shape index (κ3) is 5.49. The van der Waals surface area contributed by atoms with Gasteiger partial charge in [-0.05, 0) is 25.1 Å². The van der Waals surface area contributed by atoms with E-state index < -0.39 is 84.9 Å². The molecule has 3 heterocycles. The van der Waals surface area contributed by atoms with Gasteiger partial charge in [0.2, 0.25) is 6.29 Å². The first-order valence-electron chi connectivity index (χ1n) is 12.9. The van der Waals surface area contributed by atoms with Crippen LogP contribution in [0.2, 0.25) is 0 Å². The fourth-order valence-corrected chi connectivity index (χ4v) is 4.84. The lowest BCUT2D eigenvalue weighted by Crippen LogP contribution is -2.64. The number of fused-ring (bicyclic) bond motifs is 1. The molecule has 1 aromatic heterocycles. The highest BCUT2D eigenvalue weighted by Crippen LogP contribution is 2.36. The molecular weight excluding hydrogens is 564 g/mol. The second-order valence-electron chi connectivity index (χ2n) is 10.1. The smallest absolute Gasteiger partial charge is 0.229 e. The van der Waals surface area contributed by atoms with E-state index in [1.165, 1.54) is 25.1 Å². The van der Waals surface area contributed by atoms with E-state index in [0.29, 0.717) is 0 Å². The van der Waals surface area contributed by atoms with Gasteiger partial charge >= 0.3 is 0 Å². The maximum atomic E-state index is 12.8. The van der Waals surface area contributed by atoms with Crippen molar-refractivity contribution in [2.24, 2.45) is 0 Å². The first-order valence-corrected chi connectivity index (χ1v) is 12.9. The number of hydrogen-bond acceptors (Lipinski definition) is 15. The average Bonchev–Trinajstić information content (AvgIpc) is 2.95. The van der Waals surface area contributed by atoms with Gasteiger partial charge in [0, 0.05) is 23.8 Å². The van der Waals surface area contributed by atoms with E-state index in [9.17, 15) is 50.8 Å². The van der Waals surface area contributed by atoms with Crippen LogP contribution in [0.5, 0.6) is 23.0 Å². The van der Waals surface area contributed by atoms with Gasteiger partial charge < -0.3 is 69.3 Å². The molecule has 2 aromatic carbocycles. The molecule has 0 spiro atoms. The summed E-state index contributed by atoms with van der Waals surface area (Å²) < 4.78 is 28.3. The van der Waals surface area contributed by atoms with Crippen LogP contribution >= 0.6 is 0 Å². The Morgan fingerprint density at radius 1 is 0.786 bits per heavy atom. The zero-order valence-corrected chi connectivity index (χ0v) is 21.9. The van der Waals surface area contributed by atoms with Crippen LogP contribution in [0.4, 0.5) is 0 Å². The zero-order chi connectivity index (χ0) is 30.5. The minimum atomic E-state index is -1.78. The van der Waals surface area contributed by atoms with Crippen LogP contribution in [0.1, 0.15) is 6.92 Å². The van der Waals surface area contributed by atoms with Crippen LogP contribution in [0, 0.1) is 0 Å². The van der Waals surface area contributed by atoms with Gasteiger partial charge in [-0.25, -0.2) is 0 Å². The lowest BCUT2D eigenvalue weighted by molar-refractivity contribution is -0.354. The van der Waals surface area contributed by atoms with Crippen molar-refractivity contribution in [1.29, 1.82) is 0 Å². The summed E-state index contributed by atoms with van der Waals surface area (Å²) in [4.78, 5) is 12.8. The molecule has 0 radical (unpaired) electrons. The largest absolute Gasteiger partial charge is 0.507 e. The van der Waals surface area contributed by atoms with E-state index >= 15 is 0 Å². The Hall–Kier alpha value is -3.51. The summed E-state index contributed by atoms with van der Waals surface area (Å²) in [5.74, 6) is -1.60. The van der Waals surface area contributed by atoms with E-state index in [1.54, 1.807) is 0 Å². The second kappa shape index (κ2) is 11.6. The van der Waals surface area contributed by atoms with E-state index in [4.69, 9.17) is 23.4 Å². The number of benzene rings is 2. The molecule has 0 bridgehead atoms. The lowest BCUT2D eigenvalue weighted by Gasteiger charge is -2.45. The van der Waals surface area contributed by atoms with E-state index in [1.807, 2.05) is 0 Å². The SMILES string of the molecule is C[C@@H]1O[C@@H](O[C@H]2[C@@H](Oc3cc(O)c4c(=O)cc(-c5ccc(O)c(O)c5)oc4c3)O[C@@H](CO)[C@@H](O)[C@@H]2O)[C@H](O)[C@H](O)[C@H]1O. The van der Waals surface area contributed by atoms with Crippen LogP contribution in [0.15, 0.2) is 45.6 Å². The number of aliphatic hydroxyl groups excluding tert-OH is 6. The molecule has 0 aliphatic carbocycles. The van der Waals surface area contributed by atoms with Crippen molar-refractivity contribution in [2.75, 3.05) is 6.61 Å². The summed E-state index contributed by atoms with van der Waals surface area (Å²) in [6, 6.07) is 7.08. The van der Waals surface area contributed by atoms with Crippen LogP contribution in [0.25, 0.3) is 22.3 Å². The highest BCUT2D eigenvalue weighted by Gasteiger charge is 2.50. The topological polar surface area (TPSA) is 249 Å². The third-order valence-electron chi connectivity index (χ3n) is 7.22. The molecule has 2 aliphatic rings. The van der Waals surface area contributed by atoms with Gasteiger partial charge in [0.15, 0.2) is 29.3 Å². The van der Waals surface area contributed by atoms with Gasteiger partial charge in [-0.3, -0.25) is 4.79 Å². The second-order valence-corrected chi connectivity index (χ2v) is 10.1. The molecule has 42 heavy (non-hydrogen) atoms. The first kappa shape index (κ1) is 30.0. The van der Waals surface area contributed by atoms with Crippen molar-refractivity contribution in [3.05, 3.63) is 46.6 Å². The molecule has 0 unspecified atom stereocenters. The molecule has 2 aliphatic heterocycles. The zero-order valence-electron chi connectivity index (χ0n) is 21.9. The molecule has 0 amide bonds. The quantitative estimate of drug-likeness (QED) is 0.149. The summed E-state index contributed by atoms with van der Waals surface area (Å²) in [7, 11) is 0. The fraction of sp³-hybridized carbons (Fsp3) is 0.444. The van der Waals surface area contributed by atoms with Crippen molar-refractivity contribution in [1.82, 2.24) is 0 Å². The van der Waals surface area contributed by atoms with Gasteiger partial charge in [0.05, 0.1) is 12.7 Å². The predicted molar refractivity (Wildman–Crippen MR) is 139 cm³/mol. The van der Waals surface area contributed by atoms with Crippen LogP contribution in [-0.2, 0) is 14.2 Å². The summed E-state index contributed by atoms with van der Waals surface area (Å²) in [6.07, 6.45) is -15.5. The molecule has 15 nitrogen and oxygen atoms in total. The number of aliphatic hydroxyl groups is 6. The molecule has 5 rings (SSSR count). The minimum absolute atomic E-state index is 0.0216. The number of phenolic OH excluding ortho intramolecular Hbond substituents is 3. The highest BCUT2D eigenvalue weighted by molar-refractivity contribution is 5.86. The monoisotopic (exact) mass is 594 g/mol. The van der Waals surface area contributed by atoms with Crippen LogP contribution < -0.4 is 10.2 Å². The molecule has 10 atom stereocenters. The predicted octanol–water partition coefficient (Wildman–Crippen LogP) is -1.39. The molecular formula is C27H30O15. The summed E-state index contributed by atoms with van der Waals surface area (Å²) >= 11 is 0. The molecule has 9 N–H and O–H groups in total. The maximum Gasteiger partial charge on any atom is 0.229 e. The Bertz CT molecular complexity index is 1490. The molecule has 2 fully saturated rings. The Balaban J connectivity index is 1.48. The first-order chi connectivity index (χ1) is 19.9. The van der Waals surface area contributed by atoms with Crippen molar-refractivity contribution in [2.45, 2.75) is 68.3 Å². The van der Waals surface area contributed by atoms with E-state index in [0.717, 1.165) is 18.2 Å². The van der Waals surface area contributed by atoms with Crippen molar-refractivity contribution in [3.8, 4) is 34.3 Å². The minimum Gasteiger partial charge on any atom is -0.507 e. The Kier molecular flexibility index (Phi) is 8.30. The summed E-state index contributed by atoms with van der Waals surface area (Å²) in [5.41, 5.74) is -0.575. The number of ether oxygens (including phenoxy) is 4. The molecule has 228 valence electrons. The third-order valence-corrected chi connectivity index (χ3v) is 7.22. The standard InChI is InChI=1S/C27H30O15/c1-9-20(33)22(35)24(37)26(38-9)42-25-23(36)21(34)18(8-28)41-27(25)39-11-5-14(31)19-15(32)7-16(40-17(19)6-11)10-2-3-12(29)13(30)4-10/h2-7,9,18,20-31,33-37H,8H2,1H3/t9-,18-,20-,21+,22+,23-,24+,25+,26-,27-/m0/s1. The Morgan fingerprint density at radius 2 is 1.52 bits per heavy atom. The molecule has 2 saturated heterocycles. The number of phenols is 3. The highest BCUT2D eigenvalue weighted by atomic mass is 16.8.